The van der Waals surface area contributed by atoms with E-state index in [2.05, 4.69) is 24.1 Å². The summed E-state index contributed by atoms with van der Waals surface area (Å²) in [7, 11) is 0. The van der Waals surface area contributed by atoms with Gasteiger partial charge in [0.15, 0.2) is 0 Å². The molecule has 0 radical (unpaired) electrons. The van der Waals surface area contributed by atoms with E-state index in [0.29, 0.717) is 17.0 Å². The lowest BCUT2D eigenvalue weighted by Crippen LogP contribution is -2.45. The largest absolute Gasteiger partial charge is 0.315 e. The molecule has 1 aromatic carbocycles. The van der Waals surface area contributed by atoms with E-state index in [1.165, 1.54) is 31.4 Å². The smallest absolute Gasteiger partial charge is 0.124 e. The normalized spacial score (nSPS) is 20.1. The molecule has 4 heteroatoms. The standard InChI is InChI=1S/C17H26ClFN2/c1-13(2)10-20-11-16-5-3-4-8-21(16)12-14-6-7-15(19)9-17(14)18/h6-7,9,13,16,20H,3-5,8,10-12H2,1-2H3. The first-order valence-corrected chi connectivity index (χ1v) is 8.32. The number of likely N-dealkylation sites (tertiary alicyclic amines) is 1. The molecule has 0 aromatic heterocycles. The second-order valence-electron chi connectivity index (χ2n) is 6.41. The van der Waals surface area contributed by atoms with Gasteiger partial charge in [0.2, 0.25) is 0 Å². The molecule has 1 aliphatic rings. The van der Waals surface area contributed by atoms with E-state index in [1.54, 1.807) is 0 Å². The predicted molar refractivity (Wildman–Crippen MR) is 87.2 cm³/mol. The van der Waals surface area contributed by atoms with Crippen LogP contribution in [0, 0.1) is 11.7 Å². The van der Waals surface area contributed by atoms with Crippen LogP contribution < -0.4 is 5.32 Å². The average Bonchev–Trinajstić information content (AvgIpc) is 2.43. The fourth-order valence-electron chi connectivity index (χ4n) is 2.91. The molecular formula is C17H26ClFN2. The molecule has 1 aliphatic heterocycles. The van der Waals surface area contributed by atoms with Crippen LogP contribution in [0.4, 0.5) is 4.39 Å². The molecule has 0 amide bonds. The van der Waals surface area contributed by atoms with E-state index in [0.717, 1.165) is 31.7 Å². The molecule has 0 saturated carbocycles. The Kier molecular flexibility index (Phi) is 6.46. The van der Waals surface area contributed by atoms with Gasteiger partial charge in [-0.3, -0.25) is 4.90 Å². The third-order valence-corrected chi connectivity index (χ3v) is 4.42. The van der Waals surface area contributed by atoms with Crippen molar-refractivity contribution in [3.63, 3.8) is 0 Å². The van der Waals surface area contributed by atoms with Crippen molar-refractivity contribution in [2.45, 2.75) is 45.7 Å². The molecule has 0 aliphatic carbocycles. The first kappa shape index (κ1) is 16.7. The molecule has 118 valence electrons. The zero-order chi connectivity index (χ0) is 15.2. The van der Waals surface area contributed by atoms with Crippen molar-refractivity contribution >= 4 is 11.6 Å². The topological polar surface area (TPSA) is 15.3 Å². The Morgan fingerprint density at radius 2 is 2.19 bits per heavy atom. The molecule has 0 bridgehead atoms. The number of rotatable bonds is 6. The molecule has 0 spiro atoms. The molecule has 1 saturated heterocycles. The van der Waals surface area contributed by atoms with Crippen LogP contribution in [0.3, 0.4) is 0 Å². The van der Waals surface area contributed by atoms with Gasteiger partial charge in [-0.05, 0) is 49.5 Å². The van der Waals surface area contributed by atoms with Crippen LogP contribution in [0.25, 0.3) is 0 Å². The summed E-state index contributed by atoms with van der Waals surface area (Å²) in [6, 6.07) is 5.27. The van der Waals surface area contributed by atoms with Crippen LogP contribution in [-0.2, 0) is 6.54 Å². The lowest BCUT2D eigenvalue weighted by molar-refractivity contribution is 0.137. The monoisotopic (exact) mass is 312 g/mol. The Morgan fingerprint density at radius 3 is 2.90 bits per heavy atom. The van der Waals surface area contributed by atoms with Gasteiger partial charge in [0, 0.05) is 24.2 Å². The molecule has 2 nitrogen and oxygen atoms in total. The van der Waals surface area contributed by atoms with Gasteiger partial charge in [-0.25, -0.2) is 4.39 Å². The van der Waals surface area contributed by atoms with Gasteiger partial charge in [-0.15, -0.1) is 0 Å². The van der Waals surface area contributed by atoms with Crippen LogP contribution in [0.15, 0.2) is 18.2 Å². The number of nitrogens with zero attached hydrogens (tertiary/aromatic N) is 1. The number of halogens is 2. The first-order valence-electron chi connectivity index (χ1n) is 7.95. The number of hydrogen-bond acceptors (Lipinski definition) is 2. The van der Waals surface area contributed by atoms with Crippen LogP contribution in [0.5, 0.6) is 0 Å². The Morgan fingerprint density at radius 1 is 1.38 bits per heavy atom. The minimum Gasteiger partial charge on any atom is -0.315 e. The maximum Gasteiger partial charge on any atom is 0.124 e. The van der Waals surface area contributed by atoms with Gasteiger partial charge in [-0.1, -0.05) is 37.9 Å². The fourth-order valence-corrected chi connectivity index (χ4v) is 3.13. The predicted octanol–water partition coefficient (Wildman–Crippen LogP) is 4.08. The van der Waals surface area contributed by atoms with Crippen molar-refractivity contribution in [2.75, 3.05) is 19.6 Å². The van der Waals surface area contributed by atoms with Gasteiger partial charge in [0.1, 0.15) is 5.82 Å². The summed E-state index contributed by atoms with van der Waals surface area (Å²) in [4.78, 5) is 2.48. The quantitative estimate of drug-likeness (QED) is 0.851. The minimum atomic E-state index is -0.266. The zero-order valence-corrected chi connectivity index (χ0v) is 13.8. The van der Waals surface area contributed by atoms with E-state index in [1.807, 2.05) is 6.07 Å². The maximum absolute atomic E-state index is 13.1. The number of hydrogen-bond donors (Lipinski definition) is 1. The Bertz CT molecular complexity index is 450. The highest BCUT2D eigenvalue weighted by molar-refractivity contribution is 6.31. The number of benzene rings is 1. The molecular weight excluding hydrogens is 287 g/mol. The molecule has 1 heterocycles. The molecule has 21 heavy (non-hydrogen) atoms. The third kappa shape index (κ3) is 5.24. The van der Waals surface area contributed by atoms with Crippen molar-refractivity contribution in [1.29, 1.82) is 0 Å². The number of nitrogens with one attached hydrogen (secondary N) is 1. The SMILES string of the molecule is CC(C)CNCC1CCCCN1Cc1ccc(F)cc1Cl. The third-order valence-electron chi connectivity index (χ3n) is 4.07. The summed E-state index contributed by atoms with van der Waals surface area (Å²) < 4.78 is 13.1. The molecule has 2 rings (SSSR count). The highest BCUT2D eigenvalue weighted by Crippen LogP contribution is 2.23. The fraction of sp³-hybridized carbons (Fsp3) is 0.647. The van der Waals surface area contributed by atoms with Crippen LogP contribution in [0.2, 0.25) is 5.02 Å². The zero-order valence-electron chi connectivity index (χ0n) is 13.0. The summed E-state index contributed by atoms with van der Waals surface area (Å²) in [6.45, 7) is 8.45. The van der Waals surface area contributed by atoms with Gasteiger partial charge in [-0.2, -0.15) is 0 Å². The van der Waals surface area contributed by atoms with E-state index in [-0.39, 0.29) is 5.82 Å². The van der Waals surface area contributed by atoms with Crippen molar-refractivity contribution in [1.82, 2.24) is 10.2 Å². The van der Waals surface area contributed by atoms with Crippen molar-refractivity contribution in [2.24, 2.45) is 5.92 Å². The highest BCUT2D eigenvalue weighted by atomic mass is 35.5. The Hall–Kier alpha value is -0.640. The second-order valence-corrected chi connectivity index (χ2v) is 6.82. The van der Waals surface area contributed by atoms with Gasteiger partial charge < -0.3 is 5.32 Å². The first-order chi connectivity index (χ1) is 10.1. The lowest BCUT2D eigenvalue weighted by Gasteiger charge is -2.36. The molecule has 1 aromatic rings. The van der Waals surface area contributed by atoms with Crippen molar-refractivity contribution < 1.29 is 4.39 Å². The molecule has 1 N–H and O–H groups in total. The van der Waals surface area contributed by atoms with E-state index in [4.69, 9.17) is 11.6 Å². The Labute approximate surface area is 132 Å². The average molecular weight is 313 g/mol. The molecule has 1 fully saturated rings. The summed E-state index contributed by atoms with van der Waals surface area (Å²) in [5, 5.41) is 4.10. The summed E-state index contributed by atoms with van der Waals surface area (Å²) in [6.07, 6.45) is 3.76. The van der Waals surface area contributed by atoms with Gasteiger partial charge in [0.25, 0.3) is 0 Å². The highest BCUT2D eigenvalue weighted by Gasteiger charge is 2.22. The van der Waals surface area contributed by atoms with Crippen LogP contribution >= 0.6 is 11.6 Å². The van der Waals surface area contributed by atoms with Gasteiger partial charge in [0.05, 0.1) is 0 Å². The molecule has 1 atom stereocenters. The van der Waals surface area contributed by atoms with Crippen LogP contribution in [-0.4, -0.2) is 30.6 Å². The summed E-state index contributed by atoms with van der Waals surface area (Å²) >= 11 is 6.16. The lowest BCUT2D eigenvalue weighted by atomic mass is 10.0. The van der Waals surface area contributed by atoms with Crippen LogP contribution in [0.1, 0.15) is 38.7 Å². The minimum absolute atomic E-state index is 0.266. The second kappa shape index (κ2) is 8.11. The van der Waals surface area contributed by atoms with E-state index < -0.39 is 0 Å². The Balaban J connectivity index is 1.94. The number of piperidine rings is 1. The molecule has 1 unspecified atom stereocenters. The van der Waals surface area contributed by atoms with E-state index in [9.17, 15) is 4.39 Å². The van der Waals surface area contributed by atoms with Crippen molar-refractivity contribution in [3.8, 4) is 0 Å². The summed E-state index contributed by atoms with van der Waals surface area (Å²) in [5.74, 6) is 0.408. The van der Waals surface area contributed by atoms with Gasteiger partial charge >= 0.3 is 0 Å². The van der Waals surface area contributed by atoms with Crippen molar-refractivity contribution in [3.05, 3.63) is 34.6 Å². The van der Waals surface area contributed by atoms with E-state index >= 15 is 0 Å². The summed E-state index contributed by atoms with van der Waals surface area (Å²) in [5.41, 5.74) is 1.02. The maximum atomic E-state index is 13.1.